The molecule has 0 bridgehead atoms. The number of pyridine rings is 1. The Labute approximate surface area is 138 Å². The number of hydrogen-bond donors (Lipinski definition) is 1. The molecular weight excluding hydrogens is 290 g/mol. The van der Waals surface area contributed by atoms with Gasteiger partial charge in [-0.1, -0.05) is 19.3 Å². The van der Waals surface area contributed by atoms with Crippen LogP contribution in [0.15, 0.2) is 24.5 Å². The van der Waals surface area contributed by atoms with Gasteiger partial charge in [-0.3, -0.25) is 4.79 Å². The van der Waals surface area contributed by atoms with Gasteiger partial charge in [-0.2, -0.15) is 4.73 Å². The summed E-state index contributed by atoms with van der Waals surface area (Å²) in [7, 11) is 0. The lowest BCUT2D eigenvalue weighted by molar-refractivity contribution is -0.605. The summed E-state index contributed by atoms with van der Waals surface area (Å²) >= 11 is 0. The summed E-state index contributed by atoms with van der Waals surface area (Å²) in [5, 5.41) is 14.2. The van der Waals surface area contributed by atoms with Crippen molar-refractivity contribution >= 4 is 5.91 Å². The predicted molar refractivity (Wildman–Crippen MR) is 88.9 cm³/mol. The minimum atomic E-state index is -0.0740. The molecule has 5 heteroatoms. The van der Waals surface area contributed by atoms with E-state index in [0.29, 0.717) is 10.3 Å². The SMILES string of the molecule is O=C(NC1CCCN(CC2CCCCC2)C1)c1cc[n+]([O-])cc1. The molecule has 1 aromatic heterocycles. The minimum Gasteiger partial charge on any atom is -0.619 e. The highest BCUT2D eigenvalue weighted by atomic mass is 16.5. The first kappa shape index (κ1) is 16.2. The van der Waals surface area contributed by atoms with Crippen molar-refractivity contribution in [3.8, 4) is 0 Å². The van der Waals surface area contributed by atoms with E-state index in [1.807, 2.05) is 0 Å². The first-order chi connectivity index (χ1) is 11.2. The Bertz CT molecular complexity index is 512. The number of hydrogen-bond acceptors (Lipinski definition) is 3. The van der Waals surface area contributed by atoms with Gasteiger partial charge in [0.05, 0.1) is 5.56 Å². The maximum atomic E-state index is 12.3. The molecule has 2 aliphatic rings. The van der Waals surface area contributed by atoms with E-state index >= 15 is 0 Å². The van der Waals surface area contributed by atoms with Crippen molar-refractivity contribution < 1.29 is 9.52 Å². The molecule has 23 heavy (non-hydrogen) atoms. The van der Waals surface area contributed by atoms with E-state index in [-0.39, 0.29) is 11.9 Å². The van der Waals surface area contributed by atoms with Crippen molar-refractivity contribution in [3.05, 3.63) is 35.3 Å². The van der Waals surface area contributed by atoms with Gasteiger partial charge in [0.1, 0.15) is 0 Å². The summed E-state index contributed by atoms with van der Waals surface area (Å²) in [4.78, 5) is 14.8. The monoisotopic (exact) mass is 317 g/mol. The van der Waals surface area contributed by atoms with Gasteiger partial charge in [-0.05, 0) is 38.1 Å². The highest BCUT2D eigenvalue weighted by Crippen LogP contribution is 2.25. The third-order valence-electron chi connectivity index (χ3n) is 5.15. The standard InChI is InChI=1S/C18H27N3O2/c22-18(16-8-11-21(23)12-9-16)19-17-7-4-10-20(14-17)13-15-5-2-1-3-6-15/h8-9,11-12,15,17H,1-7,10,13-14H2,(H,19,22). The van der Waals surface area contributed by atoms with E-state index in [2.05, 4.69) is 10.2 Å². The first-order valence-corrected chi connectivity index (χ1v) is 8.93. The fourth-order valence-corrected chi connectivity index (χ4v) is 3.91. The number of carbonyl (C=O) groups is 1. The number of rotatable bonds is 4. The molecule has 5 nitrogen and oxygen atoms in total. The second kappa shape index (κ2) is 7.77. The van der Waals surface area contributed by atoms with E-state index in [0.717, 1.165) is 31.8 Å². The molecule has 1 aliphatic heterocycles. The molecule has 1 N–H and O–H groups in total. The normalized spacial score (nSPS) is 23.6. The highest BCUT2D eigenvalue weighted by molar-refractivity contribution is 5.94. The molecule has 0 spiro atoms. The Morgan fingerprint density at radius 3 is 2.65 bits per heavy atom. The number of aromatic nitrogens is 1. The molecule has 126 valence electrons. The summed E-state index contributed by atoms with van der Waals surface area (Å²) in [6, 6.07) is 3.37. The molecule has 1 saturated heterocycles. The Morgan fingerprint density at radius 1 is 1.17 bits per heavy atom. The fourth-order valence-electron chi connectivity index (χ4n) is 3.91. The Morgan fingerprint density at radius 2 is 1.91 bits per heavy atom. The average molecular weight is 317 g/mol. The van der Waals surface area contributed by atoms with Gasteiger partial charge in [-0.25, -0.2) is 0 Å². The molecule has 2 fully saturated rings. The Kier molecular flexibility index (Phi) is 5.49. The Hall–Kier alpha value is -1.62. The van der Waals surface area contributed by atoms with E-state index in [1.165, 1.54) is 51.0 Å². The Balaban J connectivity index is 1.49. The van der Waals surface area contributed by atoms with Crippen LogP contribution in [0.4, 0.5) is 0 Å². The van der Waals surface area contributed by atoms with Crippen LogP contribution in [0.25, 0.3) is 0 Å². The van der Waals surface area contributed by atoms with Crippen molar-refractivity contribution in [2.24, 2.45) is 5.92 Å². The molecule has 1 aliphatic carbocycles. The number of carbonyl (C=O) groups excluding carboxylic acids is 1. The van der Waals surface area contributed by atoms with Gasteiger partial charge in [0.2, 0.25) is 0 Å². The molecule has 1 saturated carbocycles. The number of likely N-dealkylation sites (tertiary alicyclic amines) is 1. The van der Waals surface area contributed by atoms with E-state index in [4.69, 9.17) is 0 Å². The van der Waals surface area contributed by atoms with Crippen LogP contribution in [0.3, 0.4) is 0 Å². The number of piperidine rings is 1. The number of nitrogens with one attached hydrogen (secondary N) is 1. The summed E-state index contributed by atoms with van der Waals surface area (Å²) < 4.78 is 0.698. The molecule has 1 atom stereocenters. The van der Waals surface area contributed by atoms with Crippen LogP contribution < -0.4 is 10.0 Å². The summed E-state index contributed by atoms with van der Waals surface area (Å²) in [5.74, 6) is 0.773. The topological polar surface area (TPSA) is 59.3 Å². The van der Waals surface area contributed by atoms with Crippen molar-refractivity contribution in [2.75, 3.05) is 19.6 Å². The van der Waals surface area contributed by atoms with Crippen molar-refractivity contribution in [3.63, 3.8) is 0 Å². The van der Waals surface area contributed by atoms with Crippen LogP contribution in [-0.2, 0) is 0 Å². The van der Waals surface area contributed by atoms with E-state index < -0.39 is 0 Å². The van der Waals surface area contributed by atoms with Gasteiger partial charge in [-0.15, -0.1) is 0 Å². The van der Waals surface area contributed by atoms with Gasteiger partial charge < -0.3 is 15.4 Å². The first-order valence-electron chi connectivity index (χ1n) is 8.93. The summed E-state index contributed by atoms with van der Waals surface area (Å²) in [5.41, 5.74) is 0.557. The van der Waals surface area contributed by atoms with Crippen LogP contribution in [-0.4, -0.2) is 36.5 Å². The van der Waals surface area contributed by atoms with E-state index in [1.54, 1.807) is 12.1 Å². The van der Waals surface area contributed by atoms with Gasteiger partial charge in [0, 0.05) is 31.3 Å². The molecule has 1 amide bonds. The molecule has 1 aromatic rings. The van der Waals surface area contributed by atoms with Crippen LogP contribution in [0, 0.1) is 11.1 Å². The smallest absolute Gasteiger partial charge is 0.251 e. The summed E-state index contributed by atoms with van der Waals surface area (Å²) in [6.45, 7) is 3.30. The number of nitrogens with zero attached hydrogens (tertiary/aromatic N) is 2. The lowest BCUT2D eigenvalue weighted by atomic mass is 9.88. The lowest BCUT2D eigenvalue weighted by Crippen LogP contribution is -2.49. The maximum absolute atomic E-state index is 12.3. The van der Waals surface area contributed by atoms with E-state index in [9.17, 15) is 10.0 Å². The second-order valence-electron chi connectivity index (χ2n) is 7.02. The molecule has 0 radical (unpaired) electrons. The largest absolute Gasteiger partial charge is 0.619 e. The molecule has 0 aromatic carbocycles. The van der Waals surface area contributed by atoms with Crippen LogP contribution in [0.5, 0.6) is 0 Å². The van der Waals surface area contributed by atoms with Crippen molar-refractivity contribution in [2.45, 2.75) is 51.0 Å². The van der Waals surface area contributed by atoms with Crippen molar-refractivity contribution in [1.82, 2.24) is 10.2 Å². The van der Waals surface area contributed by atoms with Crippen molar-refractivity contribution in [1.29, 1.82) is 0 Å². The van der Waals surface area contributed by atoms with Crippen LogP contribution in [0.1, 0.15) is 55.3 Å². The molecule has 2 heterocycles. The fraction of sp³-hybridized carbons (Fsp3) is 0.667. The molecule has 3 rings (SSSR count). The minimum absolute atomic E-state index is 0.0740. The molecule has 1 unspecified atom stereocenters. The highest BCUT2D eigenvalue weighted by Gasteiger charge is 2.24. The zero-order chi connectivity index (χ0) is 16.1. The van der Waals surface area contributed by atoms with Gasteiger partial charge in [0.25, 0.3) is 5.91 Å². The third-order valence-corrected chi connectivity index (χ3v) is 5.15. The maximum Gasteiger partial charge on any atom is 0.251 e. The average Bonchev–Trinajstić information content (AvgIpc) is 2.57. The van der Waals surface area contributed by atoms with Crippen LogP contribution in [0.2, 0.25) is 0 Å². The quantitative estimate of drug-likeness (QED) is 0.683. The zero-order valence-electron chi connectivity index (χ0n) is 13.7. The second-order valence-corrected chi connectivity index (χ2v) is 7.02. The number of amides is 1. The predicted octanol–water partition coefficient (Wildman–Crippen LogP) is 2.09. The molecular formula is C18H27N3O2. The third kappa shape index (κ3) is 4.67. The zero-order valence-corrected chi connectivity index (χ0v) is 13.7. The lowest BCUT2D eigenvalue weighted by Gasteiger charge is -2.36. The van der Waals surface area contributed by atoms with Crippen LogP contribution >= 0.6 is 0 Å². The van der Waals surface area contributed by atoms with Gasteiger partial charge >= 0.3 is 0 Å². The summed E-state index contributed by atoms with van der Waals surface area (Å²) in [6.07, 6.45) is 11.8. The van der Waals surface area contributed by atoms with Gasteiger partial charge in [0.15, 0.2) is 12.4 Å².